The summed E-state index contributed by atoms with van der Waals surface area (Å²) in [6.07, 6.45) is -4.49. The molecular formula is C14H8F3NOS. The van der Waals surface area contributed by atoms with Crippen LogP contribution < -0.4 is 5.32 Å². The van der Waals surface area contributed by atoms with Crippen molar-refractivity contribution in [2.45, 2.75) is 16.0 Å². The molecule has 102 valence electrons. The Kier molecular flexibility index (Phi) is 2.97. The summed E-state index contributed by atoms with van der Waals surface area (Å²) in [7, 11) is 0. The van der Waals surface area contributed by atoms with Crippen LogP contribution in [0.4, 0.5) is 18.9 Å². The Bertz CT molecular complexity index is 697. The molecule has 0 fully saturated rings. The molecule has 0 saturated heterocycles. The first-order valence-corrected chi connectivity index (χ1v) is 6.57. The fourth-order valence-electron chi connectivity index (χ4n) is 2.01. The van der Waals surface area contributed by atoms with Gasteiger partial charge < -0.3 is 5.32 Å². The molecule has 0 aliphatic carbocycles. The average molecular weight is 295 g/mol. The van der Waals surface area contributed by atoms with Crippen molar-refractivity contribution in [3.05, 3.63) is 53.6 Å². The molecule has 2 aromatic carbocycles. The fourth-order valence-corrected chi connectivity index (χ4v) is 3.17. The second kappa shape index (κ2) is 4.56. The Hall–Kier alpha value is -1.95. The first-order valence-electron chi connectivity index (χ1n) is 5.75. The van der Waals surface area contributed by atoms with Crippen molar-refractivity contribution < 1.29 is 18.0 Å². The van der Waals surface area contributed by atoms with Gasteiger partial charge in [0.1, 0.15) is 0 Å². The van der Waals surface area contributed by atoms with E-state index in [0.717, 1.165) is 17.8 Å². The zero-order valence-corrected chi connectivity index (χ0v) is 10.8. The van der Waals surface area contributed by atoms with Gasteiger partial charge in [0.15, 0.2) is 0 Å². The number of rotatable bonds is 0. The van der Waals surface area contributed by atoms with Crippen LogP contribution in [0.25, 0.3) is 0 Å². The number of nitrogens with one attached hydrogen (secondary N) is 1. The van der Waals surface area contributed by atoms with Crippen molar-refractivity contribution in [2.24, 2.45) is 0 Å². The molecule has 0 aromatic heterocycles. The van der Waals surface area contributed by atoms with Crippen LogP contribution in [0.5, 0.6) is 0 Å². The second-order valence-corrected chi connectivity index (χ2v) is 5.28. The van der Waals surface area contributed by atoms with Crippen LogP contribution in [0.3, 0.4) is 0 Å². The third-order valence-electron chi connectivity index (χ3n) is 2.91. The molecule has 0 spiro atoms. The minimum absolute atomic E-state index is 0.0426. The summed E-state index contributed by atoms with van der Waals surface area (Å²) in [5, 5.41) is 2.63. The number of fused-ring (bicyclic) bond motifs is 2. The Morgan fingerprint density at radius 1 is 1.00 bits per heavy atom. The molecular weight excluding hydrogens is 287 g/mol. The Balaban J connectivity index is 2.23. The van der Waals surface area contributed by atoms with Crippen LogP contribution in [-0.4, -0.2) is 5.91 Å². The quantitative estimate of drug-likeness (QED) is 0.779. The van der Waals surface area contributed by atoms with Crippen molar-refractivity contribution in [1.29, 1.82) is 0 Å². The zero-order valence-electron chi connectivity index (χ0n) is 9.99. The molecule has 3 rings (SSSR count). The Morgan fingerprint density at radius 2 is 1.75 bits per heavy atom. The van der Waals surface area contributed by atoms with Crippen LogP contribution in [0, 0.1) is 0 Å². The normalized spacial score (nSPS) is 14.1. The van der Waals surface area contributed by atoms with Gasteiger partial charge in [-0.3, -0.25) is 4.79 Å². The maximum Gasteiger partial charge on any atom is 0.417 e. The van der Waals surface area contributed by atoms with E-state index in [-0.39, 0.29) is 10.5 Å². The van der Waals surface area contributed by atoms with Gasteiger partial charge in [-0.05, 0) is 24.3 Å². The second-order valence-electron chi connectivity index (χ2n) is 4.23. The third kappa shape index (κ3) is 2.16. The van der Waals surface area contributed by atoms with Crippen LogP contribution in [0.1, 0.15) is 15.9 Å². The Morgan fingerprint density at radius 3 is 2.50 bits per heavy atom. The van der Waals surface area contributed by atoms with E-state index in [1.54, 1.807) is 24.3 Å². The molecule has 20 heavy (non-hydrogen) atoms. The van der Waals surface area contributed by atoms with Gasteiger partial charge in [-0.25, -0.2) is 0 Å². The summed E-state index contributed by atoms with van der Waals surface area (Å²) in [5.74, 6) is -0.524. The number of carbonyl (C=O) groups excluding carboxylic acids is 1. The van der Waals surface area contributed by atoms with E-state index in [4.69, 9.17) is 0 Å². The molecule has 2 aromatic rings. The number of para-hydroxylation sites is 1. The van der Waals surface area contributed by atoms with E-state index in [1.807, 2.05) is 0 Å². The monoisotopic (exact) mass is 295 g/mol. The third-order valence-corrected chi connectivity index (χ3v) is 4.13. The van der Waals surface area contributed by atoms with Gasteiger partial charge in [0.25, 0.3) is 5.91 Å². The topological polar surface area (TPSA) is 29.1 Å². The number of hydrogen-bond acceptors (Lipinski definition) is 2. The predicted molar refractivity (Wildman–Crippen MR) is 70.0 cm³/mol. The van der Waals surface area contributed by atoms with E-state index in [2.05, 4.69) is 5.32 Å². The molecule has 1 aliphatic rings. The first-order chi connectivity index (χ1) is 9.47. The van der Waals surface area contributed by atoms with E-state index >= 15 is 0 Å². The zero-order chi connectivity index (χ0) is 14.3. The summed E-state index contributed by atoms with van der Waals surface area (Å²) in [6.45, 7) is 0. The maximum absolute atomic E-state index is 13.1. The van der Waals surface area contributed by atoms with Gasteiger partial charge in [-0.15, -0.1) is 0 Å². The van der Waals surface area contributed by atoms with E-state index < -0.39 is 17.6 Å². The smallest absolute Gasteiger partial charge is 0.321 e. The summed E-state index contributed by atoms with van der Waals surface area (Å²) in [4.78, 5) is 12.6. The molecule has 0 unspecified atom stereocenters. The SMILES string of the molecule is O=C1Nc2ccccc2Sc2c1cccc2C(F)(F)F. The molecule has 0 bridgehead atoms. The lowest BCUT2D eigenvalue weighted by Gasteiger charge is -2.13. The van der Waals surface area contributed by atoms with Gasteiger partial charge in [-0.1, -0.05) is 30.0 Å². The molecule has 2 nitrogen and oxygen atoms in total. The van der Waals surface area contributed by atoms with E-state index in [0.29, 0.717) is 10.6 Å². The molecule has 1 heterocycles. The van der Waals surface area contributed by atoms with Gasteiger partial charge in [0.05, 0.1) is 16.8 Å². The number of halogens is 3. The Labute approximate surface area is 117 Å². The van der Waals surface area contributed by atoms with Crippen molar-refractivity contribution in [1.82, 2.24) is 0 Å². The molecule has 1 amide bonds. The van der Waals surface area contributed by atoms with Crippen LogP contribution in [-0.2, 0) is 6.18 Å². The lowest BCUT2D eigenvalue weighted by atomic mass is 10.1. The van der Waals surface area contributed by atoms with Gasteiger partial charge in [-0.2, -0.15) is 13.2 Å². The van der Waals surface area contributed by atoms with Crippen molar-refractivity contribution in [2.75, 3.05) is 5.32 Å². The number of hydrogen-bond donors (Lipinski definition) is 1. The molecule has 6 heteroatoms. The number of amides is 1. The summed E-state index contributed by atoms with van der Waals surface area (Å²) in [5.41, 5.74) is -0.222. The summed E-state index contributed by atoms with van der Waals surface area (Å²) in [6, 6.07) is 10.4. The predicted octanol–water partition coefficient (Wildman–Crippen LogP) is 4.42. The van der Waals surface area contributed by atoms with Crippen molar-refractivity contribution in [3.8, 4) is 0 Å². The number of alkyl halides is 3. The number of anilines is 1. The average Bonchev–Trinajstić information content (AvgIpc) is 2.53. The lowest BCUT2D eigenvalue weighted by Crippen LogP contribution is -2.14. The summed E-state index contributed by atoms with van der Waals surface area (Å²) >= 11 is 0.957. The van der Waals surface area contributed by atoms with Gasteiger partial charge >= 0.3 is 6.18 Å². The maximum atomic E-state index is 13.1. The first kappa shape index (κ1) is 13.1. The van der Waals surface area contributed by atoms with E-state index in [1.165, 1.54) is 12.1 Å². The van der Waals surface area contributed by atoms with Gasteiger partial charge in [0.2, 0.25) is 0 Å². The molecule has 0 atom stereocenters. The van der Waals surface area contributed by atoms with Crippen molar-refractivity contribution >= 4 is 23.4 Å². The van der Waals surface area contributed by atoms with E-state index in [9.17, 15) is 18.0 Å². The highest BCUT2D eigenvalue weighted by molar-refractivity contribution is 7.99. The highest BCUT2D eigenvalue weighted by atomic mass is 32.2. The fraction of sp³-hybridized carbons (Fsp3) is 0.0714. The highest BCUT2D eigenvalue weighted by Gasteiger charge is 2.36. The minimum Gasteiger partial charge on any atom is -0.321 e. The molecule has 0 radical (unpaired) electrons. The number of benzene rings is 2. The van der Waals surface area contributed by atoms with Gasteiger partial charge in [0, 0.05) is 9.79 Å². The minimum atomic E-state index is -4.49. The van der Waals surface area contributed by atoms with Crippen LogP contribution >= 0.6 is 11.8 Å². The van der Waals surface area contributed by atoms with Crippen LogP contribution in [0.2, 0.25) is 0 Å². The summed E-state index contributed by atoms with van der Waals surface area (Å²) < 4.78 is 39.2. The van der Waals surface area contributed by atoms with Crippen molar-refractivity contribution in [3.63, 3.8) is 0 Å². The largest absolute Gasteiger partial charge is 0.417 e. The highest BCUT2D eigenvalue weighted by Crippen LogP contribution is 2.45. The lowest BCUT2D eigenvalue weighted by molar-refractivity contribution is -0.139. The standard InChI is InChI=1S/C14H8F3NOS/c15-14(16,17)9-5-3-4-8-12(9)20-11-7-2-1-6-10(11)18-13(8)19/h1-7H,(H,18,19). The van der Waals surface area contributed by atoms with Crippen LogP contribution in [0.15, 0.2) is 52.3 Å². The molecule has 1 N–H and O–H groups in total. The number of carbonyl (C=O) groups is 1. The molecule has 1 aliphatic heterocycles. The molecule has 0 saturated carbocycles.